The van der Waals surface area contributed by atoms with Crippen molar-refractivity contribution in [3.8, 4) is 17.2 Å². The standard InChI is InChI=1S/C45H57ClF3N3O9S/c1-28(27-59-36-14-19-50-35-13-8-10-29(2)39(35)36)22-31-23-30-24-38(61-62(55,56)45(47,48)49)37(58-21-20-52(6)41(54)60-42(3,4)5)26-34(30)43(31)15-17-44(18-16-43,40(53)57-7)51-33-12-9-11-32(46)25-33/h9,11-12,14,19,24-26,28-29,31,51H,8,10,13,15-18,20-23,27H2,1-7H3/t28-,29-,31+,43?,44?/m1/s1. The fraction of sp³-hybridized carbons (Fsp3) is 0.578. The van der Waals surface area contributed by atoms with E-state index in [1.807, 2.05) is 12.1 Å². The molecule has 0 bridgehead atoms. The van der Waals surface area contributed by atoms with Crippen LogP contribution in [0.15, 0.2) is 48.7 Å². The highest BCUT2D eigenvalue weighted by atomic mass is 35.5. The second-order valence-electron chi connectivity index (χ2n) is 18.1. The highest BCUT2D eigenvalue weighted by Crippen LogP contribution is 2.58. The number of anilines is 1. The van der Waals surface area contributed by atoms with Crippen molar-refractivity contribution in [1.82, 2.24) is 9.88 Å². The first-order chi connectivity index (χ1) is 29.1. The Morgan fingerprint density at radius 2 is 1.76 bits per heavy atom. The van der Waals surface area contributed by atoms with Gasteiger partial charge in [-0.15, -0.1) is 0 Å². The second kappa shape index (κ2) is 18.3. The molecule has 1 fully saturated rings. The van der Waals surface area contributed by atoms with Crippen LogP contribution in [0.5, 0.6) is 17.2 Å². The number of likely N-dealkylation sites (N-methyl/N-ethyl adjacent to an activating group) is 1. The Balaban J connectivity index is 1.35. The van der Waals surface area contributed by atoms with E-state index in [0.29, 0.717) is 67.3 Å². The first-order valence-corrected chi connectivity index (χ1v) is 22.8. The highest BCUT2D eigenvalue weighted by molar-refractivity contribution is 7.88. The Labute approximate surface area is 367 Å². The van der Waals surface area contributed by atoms with E-state index in [4.69, 9.17) is 34.7 Å². The minimum Gasteiger partial charge on any atom is -0.493 e. The van der Waals surface area contributed by atoms with Crippen molar-refractivity contribution in [1.29, 1.82) is 0 Å². The molecule has 17 heteroatoms. The SMILES string of the molecule is COC(=O)C1(Nc2cccc(Cl)c2)CCC2(CC1)c1cc(OCCN(C)C(=O)OC(C)(C)C)c(OS(=O)(=O)C(F)(F)F)cc1C[C@@H]2C[C@@H](C)COc1ccnc2c1[C@H](C)CCC2. The summed E-state index contributed by atoms with van der Waals surface area (Å²) in [7, 11) is -3.27. The lowest BCUT2D eigenvalue weighted by atomic mass is 9.59. The number of hydrogen-bond acceptors (Lipinski definition) is 11. The van der Waals surface area contributed by atoms with Crippen LogP contribution >= 0.6 is 11.6 Å². The van der Waals surface area contributed by atoms with Gasteiger partial charge >= 0.3 is 27.7 Å². The van der Waals surface area contributed by atoms with Gasteiger partial charge < -0.3 is 33.3 Å². The number of alkyl halides is 3. The van der Waals surface area contributed by atoms with Gasteiger partial charge in [-0.05, 0) is 149 Å². The first-order valence-electron chi connectivity index (χ1n) is 21.0. The molecule has 0 radical (unpaired) electrons. The normalized spacial score (nSPS) is 22.8. The maximum absolute atomic E-state index is 13.8. The number of carbonyl (C=O) groups is 2. The Morgan fingerprint density at radius 3 is 2.42 bits per heavy atom. The smallest absolute Gasteiger partial charge is 0.493 e. The lowest BCUT2D eigenvalue weighted by molar-refractivity contribution is -0.148. The molecule has 6 rings (SSSR count). The van der Waals surface area contributed by atoms with E-state index >= 15 is 0 Å². The number of amides is 1. The van der Waals surface area contributed by atoms with Crippen molar-refractivity contribution in [2.24, 2.45) is 11.8 Å². The number of aromatic nitrogens is 1. The summed E-state index contributed by atoms with van der Waals surface area (Å²) < 4.78 is 94.4. The number of methoxy groups -OCH3 is 1. The number of nitrogens with one attached hydrogen (secondary N) is 1. The fourth-order valence-electron chi connectivity index (χ4n) is 9.36. The second-order valence-corrected chi connectivity index (χ2v) is 20.0. The van der Waals surface area contributed by atoms with Crippen LogP contribution in [0, 0.1) is 11.8 Å². The molecule has 2 aromatic carbocycles. The third-order valence-electron chi connectivity index (χ3n) is 12.4. The molecule has 1 aromatic heterocycles. The minimum atomic E-state index is -6.09. The van der Waals surface area contributed by atoms with E-state index in [1.165, 1.54) is 25.1 Å². The minimum absolute atomic E-state index is 0.00575. The molecule has 0 unspecified atom stereocenters. The zero-order valence-electron chi connectivity index (χ0n) is 36.3. The average Bonchev–Trinajstić information content (AvgIpc) is 3.46. The zero-order chi connectivity index (χ0) is 45.3. The van der Waals surface area contributed by atoms with Crippen LogP contribution in [-0.4, -0.2) is 80.9 Å². The van der Waals surface area contributed by atoms with Crippen LogP contribution in [0.1, 0.15) is 108 Å². The summed E-state index contributed by atoms with van der Waals surface area (Å²) in [5.74, 6) is -0.267. The predicted octanol–water partition coefficient (Wildman–Crippen LogP) is 9.76. The van der Waals surface area contributed by atoms with Crippen LogP contribution in [0.2, 0.25) is 5.02 Å². The van der Waals surface area contributed by atoms with Crippen LogP contribution in [0.25, 0.3) is 0 Å². The molecule has 3 aliphatic rings. The lowest BCUT2D eigenvalue weighted by Crippen LogP contribution is -2.53. The molecular formula is C45H57ClF3N3O9S. The van der Waals surface area contributed by atoms with Crippen molar-refractivity contribution >= 4 is 39.5 Å². The van der Waals surface area contributed by atoms with E-state index in [2.05, 4.69) is 24.1 Å². The van der Waals surface area contributed by atoms with E-state index in [0.717, 1.165) is 41.8 Å². The molecule has 1 amide bonds. The Hall–Kier alpha value is -4.44. The number of halogens is 4. The Kier molecular flexibility index (Phi) is 13.9. The highest BCUT2D eigenvalue weighted by Gasteiger charge is 2.55. The molecule has 3 atom stereocenters. The van der Waals surface area contributed by atoms with E-state index < -0.39 is 50.0 Å². The molecule has 1 spiro atoms. The number of hydrogen-bond donors (Lipinski definition) is 1. The molecule has 1 saturated carbocycles. The topological polar surface area (TPSA) is 143 Å². The maximum atomic E-state index is 13.8. The predicted molar refractivity (Wildman–Crippen MR) is 228 cm³/mol. The summed E-state index contributed by atoms with van der Waals surface area (Å²) in [6.45, 7) is 9.54. The molecule has 340 valence electrons. The molecule has 12 nitrogen and oxygen atoms in total. The Bertz CT molecular complexity index is 2230. The quantitative estimate of drug-likeness (QED) is 0.0939. The molecule has 0 saturated heterocycles. The molecule has 3 aromatic rings. The van der Waals surface area contributed by atoms with E-state index in [1.54, 1.807) is 51.2 Å². The summed E-state index contributed by atoms with van der Waals surface area (Å²) in [4.78, 5) is 32.2. The van der Waals surface area contributed by atoms with Gasteiger partial charge in [0.05, 0.1) is 20.3 Å². The number of carbonyl (C=O) groups excluding carboxylic acids is 2. The molecule has 1 N–H and O–H groups in total. The van der Waals surface area contributed by atoms with Gasteiger partial charge in [0, 0.05) is 35.2 Å². The van der Waals surface area contributed by atoms with Gasteiger partial charge in [0.1, 0.15) is 23.5 Å². The summed E-state index contributed by atoms with van der Waals surface area (Å²) in [6.07, 6.45) is 6.74. The van der Waals surface area contributed by atoms with Crippen LogP contribution < -0.4 is 19.0 Å². The van der Waals surface area contributed by atoms with Gasteiger partial charge in [-0.2, -0.15) is 21.6 Å². The lowest BCUT2D eigenvalue weighted by Gasteiger charge is -2.47. The number of rotatable bonds is 14. The maximum Gasteiger partial charge on any atom is 0.534 e. The number of pyridine rings is 1. The number of esters is 1. The van der Waals surface area contributed by atoms with Crippen molar-refractivity contribution < 1.29 is 54.3 Å². The molecule has 3 aliphatic carbocycles. The van der Waals surface area contributed by atoms with Crippen molar-refractivity contribution in [3.05, 3.63) is 76.1 Å². The Morgan fingerprint density at radius 1 is 1.03 bits per heavy atom. The van der Waals surface area contributed by atoms with Crippen molar-refractivity contribution in [2.75, 3.05) is 39.2 Å². The fourth-order valence-corrected chi connectivity index (χ4v) is 10.0. The number of fused-ring (bicyclic) bond motifs is 3. The third kappa shape index (κ3) is 10.3. The molecule has 62 heavy (non-hydrogen) atoms. The molecule has 0 aliphatic heterocycles. The van der Waals surface area contributed by atoms with E-state index in [9.17, 15) is 31.2 Å². The number of aryl methyl sites for hydroxylation is 1. The third-order valence-corrected chi connectivity index (χ3v) is 13.6. The van der Waals surface area contributed by atoms with Crippen molar-refractivity contribution in [2.45, 2.75) is 120 Å². The summed E-state index contributed by atoms with van der Waals surface area (Å²) in [5.41, 5.74) is -4.03. The largest absolute Gasteiger partial charge is 0.534 e. The van der Waals surface area contributed by atoms with Gasteiger partial charge in [-0.3, -0.25) is 4.98 Å². The van der Waals surface area contributed by atoms with E-state index in [-0.39, 0.29) is 30.7 Å². The summed E-state index contributed by atoms with van der Waals surface area (Å²) in [5, 5.41) is 3.90. The number of benzene rings is 2. The van der Waals surface area contributed by atoms with Crippen LogP contribution in [-0.2, 0) is 42.6 Å². The van der Waals surface area contributed by atoms with Gasteiger partial charge in [-0.1, -0.05) is 31.5 Å². The summed E-state index contributed by atoms with van der Waals surface area (Å²) in [6, 6.07) is 11.9. The van der Waals surface area contributed by atoms with Gasteiger partial charge in [0.25, 0.3) is 0 Å². The number of nitrogens with zero attached hydrogens (tertiary/aromatic N) is 2. The zero-order valence-corrected chi connectivity index (χ0v) is 37.9. The molecule has 1 heterocycles. The molecular weight excluding hydrogens is 851 g/mol. The monoisotopic (exact) mass is 907 g/mol. The number of ether oxygens (including phenoxy) is 4. The average molecular weight is 908 g/mol. The van der Waals surface area contributed by atoms with Gasteiger partial charge in [0.15, 0.2) is 11.5 Å². The first kappa shape index (κ1) is 47.0. The van der Waals surface area contributed by atoms with Gasteiger partial charge in [-0.25, -0.2) is 9.59 Å². The van der Waals surface area contributed by atoms with Gasteiger partial charge in [0.2, 0.25) is 0 Å². The van der Waals surface area contributed by atoms with Crippen LogP contribution in [0.3, 0.4) is 0 Å². The van der Waals surface area contributed by atoms with Crippen LogP contribution in [0.4, 0.5) is 23.7 Å². The van der Waals surface area contributed by atoms with Crippen molar-refractivity contribution in [3.63, 3.8) is 0 Å². The summed E-state index contributed by atoms with van der Waals surface area (Å²) >= 11 is 6.32.